The lowest BCUT2D eigenvalue weighted by Gasteiger charge is -2.06. The Bertz CT molecular complexity index is 856. The number of imidazole rings is 1. The van der Waals surface area contributed by atoms with E-state index < -0.39 is 0 Å². The molecule has 0 atom stereocenters. The Morgan fingerprint density at radius 1 is 1.25 bits per heavy atom. The predicted octanol–water partition coefficient (Wildman–Crippen LogP) is 4.60. The van der Waals surface area contributed by atoms with Gasteiger partial charge in [-0.25, -0.2) is 4.39 Å². The van der Waals surface area contributed by atoms with Crippen LogP contribution in [0.3, 0.4) is 0 Å². The molecule has 0 fully saturated rings. The highest BCUT2D eigenvalue weighted by Gasteiger charge is 2.09. The molecule has 0 radical (unpaired) electrons. The van der Waals surface area contributed by atoms with Crippen LogP contribution in [0.1, 0.15) is 0 Å². The number of halogens is 2. The Kier molecular flexibility index (Phi) is 3.35. The molecule has 0 spiro atoms. The molecule has 0 aliphatic rings. The molecular weight excluding hydrogens is 343 g/mol. The Balaban J connectivity index is 2.31. The topological polar surface area (TPSA) is 29.9 Å². The smallest absolute Gasteiger partial charge is 0.182 e. The fraction of sp³-hybridized carbons (Fsp3) is 0.0714. The minimum atomic E-state index is -0.332. The molecule has 6 heteroatoms. The zero-order valence-electron chi connectivity index (χ0n) is 10.5. The van der Waals surface area contributed by atoms with Crippen molar-refractivity contribution in [3.05, 3.63) is 51.5 Å². The SMILES string of the molecule is COc1ccc2[nH]c(=S)n(-c3ccc(Br)c(F)c3)c2c1. The Labute approximate surface area is 128 Å². The number of benzene rings is 2. The number of nitrogens with zero attached hydrogens (tertiary/aromatic N) is 1. The molecule has 3 rings (SSSR count). The molecule has 3 aromatic rings. The van der Waals surface area contributed by atoms with Gasteiger partial charge in [0.1, 0.15) is 11.6 Å². The van der Waals surface area contributed by atoms with E-state index in [4.69, 9.17) is 17.0 Å². The number of ether oxygens (including phenoxy) is 1. The van der Waals surface area contributed by atoms with Crippen molar-refractivity contribution in [3.63, 3.8) is 0 Å². The lowest BCUT2D eigenvalue weighted by molar-refractivity contribution is 0.415. The van der Waals surface area contributed by atoms with Gasteiger partial charge < -0.3 is 9.72 Å². The van der Waals surface area contributed by atoms with E-state index in [-0.39, 0.29) is 5.82 Å². The number of fused-ring (bicyclic) bond motifs is 1. The van der Waals surface area contributed by atoms with Gasteiger partial charge in [-0.2, -0.15) is 0 Å². The van der Waals surface area contributed by atoms with Gasteiger partial charge in [-0.05, 0) is 58.5 Å². The summed E-state index contributed by atoms with van der Waals surface area (Å²) in [6.45, 7) is 0. The summed E-state index contributed by atoms with van der Waals surface area (Å²) in [5.41, 5.74) is 2.38. The third kappa shape index (κ3) is 2.14. The first-order valence-electron chi connectivity index (χ1n) is 5.84. The second kappa shape index (κ2) is 5.03. The lowest BCUT2D eigenvalue weighted by Crippen LogP contribution is -1.95. The van der Waals surface area contributed by atoms with Crippen LogP contribution in [0.2, 0.25) is 0 Å². The molecule has 0 saturated heterocycles. The number of aromatic amines is 1. The second-order valence-electron chi connectivity index (χ2n) is 4.25. The summed E-state index contributed by atoms with van der Waals surface area (Å²) in [4.78, 5) is 3.10. The van der Waals surface area contributed by atoms with Crippen LogP contribution in [0.25, 0.3) is 16.7 Å². The summed E-state index contributed by atoms with van der Waals surface area (Å²) in [5, 5.41) is 0. The first kappa shape index (κ1) is 13.3. The Morgan fingerprint density at radius 3 is 2.75 bits per heavy atom. The maximum Gasteiger partial charge on any atom is 0.182 e. The van der Waals surface area contributed by atoms with Crippen LogP contribution < -0.4 is 4.74 Å². The van der Waals surface area contributed by atoms with Crippen molar-refractivity contribution in [2.24, 2.45) is 0 Å². The van der Waals surface area contributed by atoms with E-state index in [1.54, 1.807) is 23.8 Å². The molecule has 102 valence electrons. The van der Waals surface area contributed by atoms with Gasteiger partial charge in [-0.15, -0.1) is 0 Å². The van der Waals surface area contributed by atoms with Gasteiger partial charge in [0.15, 0.2) is 4.77 Å². The van der Waals surface area contributed by atoms with Gasteiger partial charge >= 0.3 is 0 Å². The summed E-state index contributed by atoms with van der Waals surface area (Å²) < 4.78 is 21.7. The highest BCUT2D eigenvalue weighted by molar-refractivity contribution is 9.10. The van der Waals surface area contributed by atoms with Crippen molar-refractivity contribution in [3.8, 4) is 11.4 Å². The van der Waals surface area contributed by atoms with Crippen molar-refractivity contribution < 1.29 is 9.13 Å². The molecule has 1 N–H and O–H groups in total. The number of methoxy groups -OCH3 is 1. The van der Waals surface area contributed by atoms with E-state index in [9.17, 15) is 4.39 Å². The average Bonchev–Trinajstić information content (AvgIpc) is 2.77. The van der Waals surface area contributed by atoms with Crippen molar-refractivity contribution in [2.45, 2.75) is 0 Å². The second-order valence-corrected chi connectivity index (χ2v) is 5.49. The molecule has 0 amide bonds. The van der Waals surface area contributed by atoms with Gasteiger partial charge in [0, 0.05) is 6.07 Å². The van der Waals surface area contributed by atoms with Crippen LogP contribution in [-0.2, 0) is 0 Å². The van der Waals surface area contributed by atoms with Gasteiger partial charge in [-0.1, -0.05) is 0 Å². The third-order valence-corrected chi connectivity index (χ3v) is 3.98. The summed E-state index contributed by atoms with van der Waals surface area (Å²) >= 11 is 8.47. The molecule has 0 bridgehead atoms. The highest BCUT2D eigenvalue weighted by atomic mass is 79.9. The summed E-state index contributed by atoms with van der Waals surface area (Å²) in [5.74, 6) is 0.388. The minimum Gasteiger partial charge on any atom is -0.497 e. The summed E-state index contributed by atoms with van der Waals surface area (Å²) in [7, 11) is 1.60. The maximum absolute atomic E-state index is 13.7. The molecular formula is C14H10BrFN2OS. The van der Waals surface area contributed by atoms with Crippen LogP contribution in [0.4, 0.5) is 4.39 Å². The minimum absolute atomic E-state index is 0.332. The summed E-state index contributed by atoms with van der Waals surface area (Å²) in [6, 6.07) is 10.5. The first-order valence-corrected chi connectivity index (χ1v) is 7.04. The van der Waals surface area contributed by atoms with Gasteiger partial charge in [-0.3, -0.25) is 4.57 Å². The summed E-state index contributed by atoms with van der Waals surface area (Å²) in [6.07, 6.45) is 0. The van der Waals surface area contributed by atoms with Crippen LogP contribution in [0.15, 0.2) is 40.9 Å². The standard InChI is InChI=1S/C14H10BrFN2OS/c1-19-9-3-5-12-13(7-9)18(14(20)17-12)8-2-4-10(15)11(16)6-8/h2-7H,1H3,(H,17,20). The molecule has 1 heterocycles. The number of nitrogens with one attached hydrogen (secondary N) is 1. The van der Waals surface area contributed by atoms with Crippen LogP contribution in [0.5, 0.6) is 5.75 Å². The normalized spacial score (nSPS) is 10.9. The predicted molar refractivity (Wildman–Crippen MR) is 82.7 cm³/mol. The fourth-order valence-corrected chi connectivity index (χ4v) is 2.65. The van der Waals surface area contributed by atoms with Crippen LogP contribution in [-0.4, -0.2) is 16.7 Å². The number of hydrogen-bond donors (Lipinski definition) is 1. The first-order chi connectivity index (χ1) is 9.60. The molecule has 0 aliphatic heterocycles. The van der Waals surface area contributed by atoms with E-state index in [1.165, 1.54) is 6.07 Å². The zero-order chi connectivity index (χ0) is 14.3. The number of rotatable bonds is 2. The van der Waals surface area contributed by atoms with Gasteiger partial charge in [0.25, 0.3) is 0 Å². The van der Waals surface area contributed by atoms with Crippen LogP contribution in [0, 0.1) is 10.6 Å². The van der Waals surface area contributed by atoms with Gasteiger partial charge in [0.05, 0.1) is 28.3 Å². The molecule has 1 aromatic heterocycles. The monoisotopic (exact) mass is 352 g/mol. The Morgan fingerprint density at radius 2 is 2.05 bits per heavy atom. The Hall–Kier alpha value is -1.66. The number of H-pyrrole nitrogens is 1. The van der Waals surface area contributed by atoms with Crippen molar-refractivity contribution >= 4 is 39.2 Å². The maximum atomic E-state index is 13.7. The largest absolute Gasteiger partial charge is 0.497 e. The molecule has 0 saturated carbocycles. The molecule has 2 aromatic carbocycles. The van der Waals surface area contributed by atoms with Gasteiger partial charge in [0.2, 0.25) is 0 Å². The zero-order valence-corrected chi connectivity index (χ0v) is 12.9. The average molecular weight is 353 g/mol. The molecule has 3 nitrogen and oxygen atoms in total. The van der Waals surface area contributed by atoms with Crippen LogP contribution >= 0.6 is 28.1 Å². The van der Waals surface area contributed by atoms with E-state index in [1.807, 2.05) is 18.2 Å². The molecule has 20 heavy (non-hydrogen) atoms. The highest BCUT2D eigenvalue weighted by Crippen LogP contribution is 2.26. The van der Waals surface area contributed by atoms with E-state index in [2.05, 4.69) is 20.9 Å². The van der Waals surface area contributed by atoms with E-state index >= 15 is 0 Å². The number of aromatic nitrogens is 2. The lowest BCUT2D eigenvalue weighted by atomic mass is 10.2. The van der Waals surface area contributed by atoms with E-state index in [0.717, 1.165) is 16.8 Å². The number of hydrogen-bond acceptors (Lipinski definition) is 2. The molecule has 0 aliphatic carbocycles. The van der Waals surface area contributed by atoms with E-state index in [0.29, 0.717) is 14.9 Å². The van der Waals surface area contributed by atoms with Crippen molar-refractivity contribution in [2.75, 3.05) is 7.11 Å². The quantitative estimate of drug-likeness (QED) is 0.683. The molecule has 0 unspecified atom stereocenters. The fourth-order valence-electron chi connectivity index (χ4n) is 2.09. The van der Waals surface area contributed by atoms with Crippen molar-refractivity contribution in [1.29, 1.82) is 0 Å². The van der Waals surface area contributed by atoms with Crippen molar-refractivity contribution in [1.82, 2.24) is 9.55 Å². The third-order valence-electron chi connectivity index (χ3n) is 3.05.